The first-order valence-electron chi connectivity index (χ1n) is 17.7. The molecule has 44 heavy (non-hydrogen) atoms. The minimum Gasteiger partial charge on any atom is -0.462 e. The zero-order valence-corrected chi connectivity index (χ0v) is 28.4. The number of aliphatic hydroxyl groups is 2. The molecule has 0 aliphatic heterocycles. The summed E-state index contributed by atoms with van der Waals surface area (Å²) in [6, 6.07) is 0. The van der Waals surface area contributed by atoms with Crippen LogP contribution in [0.4, 0.5) is 0 Å². The van der Waals surface area contributed by atoms with Gasteiger partial charge in [-0.3, -0.25) is 9.59 Å². The van der Waals surface area contributed by atoms with Crippen LogP contribution in [0.25, 0.3) is 0 Å². The number of esters is 2. The van der Waals surface area contributed by atoms with E-state index >= 15 is 0 Å². The lowest BCUT2D eigenvalue weighted by molar-refractivity contribution is -0.161. The van der Waals surface area contributed by atoms with Crippen LogP contribution >= 0.6 is 0 Å². The molecular weight excluding hydrogens is 552 g/mol. The lowest BCUT2D eigenvalue weighted by Crippen LogP contribution is -2.28. The molecule has 0 spiro atoms. The predicted molar refractivity (Wildman–Crippen MR) is 183 cm³/mol. The molecule has 0 aromatic heterocycles. The molecule has 6 nitrogen and oxygen atoms in total. The number of allylic oxidation sites excluding steroid dienone is 7. The van der Waals surface area contributed by atoms with E-state index < -0.39 is 18.2 Å². The summed E-state index contributed by atoms with van der Waals surface area (Å²) in [4.78, 5) is 24.2. The molecule has 3 atom stereocenters. The van der Waals surface area contributed by atoms with E-state index in [0.29, 0.717) is 19.3 Å². The highest BCUT2D eigenvalue weighted by atomic mass is 16.6. The highest BCUT2D eigenvalue weighted by Gasteiger charge is 2.16. The molecule has 0 aromatic carbocycles. The van der Waals surface area contributed by atoms with Gasteiger partial charge in [0.15, 0.2) is 6.10 Å². The van der Waals surface area contributed by atoms with Crippen LogP contribution in [0.5, 0.6) is 0 Å². The molecule has 0 aliphatic rings. The molecule has 0 radical (unpaired) electrons. The van der Waals surface area contributed by atoms with E-state index in [2.05, 4.69) is 45.1 Å². The molecule has 0 heterocycles. The topological polar surface area (TPSA) is 93.1 Å². The molecule has 1 unspecified atom stereocenters. The Morgan fingerprint density at radius 3 is 2.02 bits per heavy atom. The Kier molecular flexibility index (Phi) is 30.6. The lowest BCUT2D eigenvalue weighted by atomic mass is 9.99. The SMILES string of the molecule is CCCCC/C=C\C/C=C\C/C=C\C=C\[C@@H](O)CCCC(=O)OC[C@H](CO)OC(=O)CCCCCCCCCCC(C)CC. The van der Waals surface area contributed by atoms with Crippen LogP contribution < -0.4 is 0 Å². The van der Waals surface area contributed by atoms with Gasteiger partial charge in [-0.15, -0.1) is 0 Å². The van der Waals surface area contributed by atoms with E-state index in [0.717, 1.165) is 44.4 Å². The molecule has 0 rings (SSSR count). The number of unbranched alkanes of at least 4 members (excludes halogenated alkanes) is 10. The monoisotopic (exact) mass is 618 g/mol. The summed E-state index contributed by atoms with van der Waals surface area (Å²) >= 11 is 0. The first kappa shape index (κ1) is 41.8. The van der Waals surface area contributed by atoms with Gasteiger partial charge in [0.25, 0.3) is 0 Å². The van der Waals surface area contributed by atoms with Gasteiger partial charge in [0.1, 0.15) is 6.61 Å². The van der Waals surface area contributed by atoms with Crippen LogP contribution in [0, 0.1) is 5.92 Å². The van der Waals surface area contributed by atoms with Crippen LogP contribution in [-0.2, 0) is 19.1 Å². The maximum atomic E-state index is 12.1. The van der Waals surface area contributed by atoms with Gasteiger partial charge in [0, 0.05) is 12.8 Å². The third kappa shape index (κ3) is 29.9. The Morgan fingerprint density at radius 1 is 0.705 bits per heavy atom. The number of ether oxygens (including phenoxy) is 2. The first-order chi connectivity index (χ1) is 21.4. The summed E-state index contributed by atoms with van der Waals surface area (Å²) in [6.07, 6.45) is 34.8. The maximum Gasteiger partial charge on any atom is 0.306 e. The van der Waals surface area contributed by atoms with Gasteiger partial charge in [-0.1, -0.05) is 140 Å². The fourth-order valence-corrected chi connectivity index (χ4v) is 4.63. The number of hydrogen-bond donors (Lipinski definition) is 2. The minimum absolute atomic E-state index is 0.155. The molecule has 0 fully saturated rings. The molecule has 0 aliphatic carbocycles. The average molecular weight is 619 g/mol. The molecule has 2 N–H and O–H groups in total. The van der Waals surface area contributed by atoms with Crippen molar-refractivity contribution in [2.45, 2.75) is 161 Å². The van der Waals surface area contributed by atoms with Crippen molar-refractivity contribution in [2.24, 2.45) is 5.92 Å². The van der Waals surface area contributed by atoms with Crippen molar-refractivity contribution in [1.82, 2.24) is 0 Å². The largest absolute Gasteiger partial charge is 0.462 e. The maximum absolute atomic E-state index is 12.1. The molecule has 0 bridgehead atoms. The summed E-state index contributed by atoms with van der Waals surface area (Å²) in [5.74, 6) is 0.0441. The molecule has 0 aromatic rings. The Hall–Kier alpha value is -2.18. The fourth-order valence-electron chi connectivity index (χ4n) is 4.63. The van der Waals surface area contributed by atoms with E-state index in [1.165, 1.54) is 64.2 Å². The minimum atomic E-state index is -0.843. The van der Waals surface area contributed by atoms with E-state index in [4.69, 9.17) is 9.47 Å². The average Bonchev–Trinajstić information content (AvgIpc) is 3.02. The summed E-state index contributed by atoms with van der Waals surface area (Å²) in [6.45, 7) is 6.25. The molecule has 6 heteroatoms. The summed E-state index contributed by atoms with van der Waals surface area (Å²) in [5.41, 5.74) is 0. The van der Waals surface area contributed by atoms with Crippen LogP contribution in [0.15, 0.2) is 48.6 Å². The third-order valence-corrected chi connectivity index (χ3v) is 7.77. The quantitative estimate of drug-likeness (QED) is 0.0360. The predicted octanol–water partition coefficient (Wildman–Crippen LogP) is 9.50. The van der Waals surface area contributed by atoms with Crippen molar-refractivity contribution in [2.75, 3.05) is 13.2 Å². The van der Waals surface area contributed by atoms with Crippen molar-refractivity contribution >= 4 is 11.9 Å². The summed E-state index contributed by atoms with van der Waals surface area (Å²) in [5, 5.41) is 19.6. The molecule has 0 saturated heterocycles. The summed E-state index contributed by atoms with van der Waals surface area (Å²) in [7, 11) is 0. The zero-order chi connectivity index (χ0) is 32.5. The van der Waals surface area contributed by atoms with Gasteiger partial charge in [-0.2, -0.15) is 0 Å². The van der Waals surface area contributed by atoms with E-state index in [1.807, 2.05) is 18.2 Å². The first-order valence-corrected chi connectivity index (χ1v) is 17.7. The highest BCUT2D eigenvalue weighted by molar-refractivity contribution is 5.70. The Morgan fingerprint density at radius 2 is 1.34 bits per heavy atom. The summed E-state index contributed by atoms with van der Waals surface area (Å²) < 4.78 is 10.5. The second-order valence-corrected chi connectivity index (χ2v) is 12.0. The molecule has 254 valence electrons. The van der Waals surface area contributed by atoms with E-state index in [9.17, 15) is 19.8 Å². The zero-order valence-electron chi connectivity index (χ0n) is 28.4. The van der Waals surface area contributed by atoms with E-state index in [1.54, 1.807) is 6.08 Å². The molecular formula is C38H66O6. The number of aliphatic hydroxyl groups excluding tert-OH is 2. The molecule has 0 saturated carbocycles. The second kappa shape index (κ2) is 32.2. The molecule has 0 amide bonds. The number of carbonyl (C=O) groups is 2. The van der Waals surface area contributed by atoms with Crippen LogP contribution in [0.3, 0.4) is 0 Å². The Labute approximate surface area is 270 Å². The van der Waals surface area contributed by atoms with Crippen LogP contribution in [0.1, 0.15) is 149 Å². The number of carbonyl (C=O) groups excluding carboxylic acids is 2. The van der Waals surface area contributed by atoms with Gasteiger partial charge in [-0.05, 0) is 50.9 Å². The van der Waals surface area contributed by atoms with Crippen LogP contribution in [0.2, 0.25) is 0 Å². The van der Waals surface area contributed by atoms with Crippen molar-refractivity contribution < 1.29 is 29.3 Å². The number of hydrogen-bond acceptors (Lipinski definition) is 6. The van der Waals surface area contributed by atoms with Crippen molar-refractivity contribution in [3.8, 4) is 0 Å². The smallest absolute Gasteiger partial charge is 0.306 e. The lowest BCUT2D eigenvalue weighted by Gasteiger charge is -2.16. The normalized spacial score (nSPS) is 14.2. The van der Waals surface area contributed by atoms with Gasteiger partial charge < -0.3 is 19.7 Å². The van der Waals surface area contributed by atoms with Crippen molar-refractivity contribution in [1.29, 1.82) is 0 Å². The Balaban J connectivity index is 3.83. The second-order valence-electron chi connectivity index (χ2n) is 12.0. The fraction of sp³-hybridized carbons (Fsp3) is 0.737. The van der Waals surface area contributed by atoms with Gasteiger partial charge in [0.2, 0.25) is 0 Å². The van der Waals surface area contributed by atoms with Crippen molar-refractivity contribution in [3.63, 3.8) is 0 Å². The number of rotatable bonds is 30. The Bertz CT molecular complexity index is 784. The van der Waals surface area contributed by atoms with Gasteiger partial charge in [-0.25, -0.2) is 0 Å². The van der Waals surface area contributed by atoms with Gasteiger partial charge >= 0.3 is 11.9 Å². The third-order valence-electron chi connectivity index (χ3n) is 7.77. The van der Waals surface area contributed by atoms with E-state index in [-0.39, 0.29) is 25.6 Å². The van der Waals surface area contributed by atoms with Crippen molar-refractivity contribution in [3.05, 3.63) is 48.6 Å². The highest BCUT2D eigenvalue weighted by Crippen LogP contribution is 2.15. The van der Waals surface area contributed by atoms with Gasteiger partial charge in [0.05, 0.1) is 12.7 Å². The standard InChI is InChI=1S/C38H66O6/c1-4-6-7-8-9-10-11-12-13-14-18-21-24-28-35(40)29-26-31-37(41)43-33-36(32-39)44-38(42)30-25-22-19-16-15-17-20-23-27-34(3)5-2/h9-10,12-13,18,21,24,28,34-36,39-40H,4-8,11,14-17,19-20,22-23,25-27,29-33H2,1-3H3/b10-9-,13-12-,21-18-,28-24+/t34?,35-,36+/m1/s1. The van der Waals surface area contributed by atoms with Crippen LogP contribution in [-0.4, -0.2) is 47.6 Å².